The van der Waals surface area contributed by atoms with E-state index in [1.165, 1.54) is 10.7 Å². The lowest BCUT2D eigenvalue weighted by atomic mass is 10.1. The molecule has 0 aliphatic carbocycles. The van der Waals surface area contributed by atoms with Gasteiger partial charge in [-0.05, 0) is 28.1 Å². The first-order chi connectivity index (χ1) is 8.90. The van der Waals surface area contributed by atoms with E-state index in [2.05, 4.69) is 27.1 Å². The summed E-state index contributed by atoms with van der Waals surface area (Å²) in [4.78, 5) is 0. The van der Waals surface area contributed by atoms with Crippen LogP contribution in [0.2, 0.25) is 5.02 Å². The molecule has 0 fully saturated rings. The fourth-order valence-electron chi connectivity index (χ4n) is 1.62. The summed E-state index contributed by atoms with van der Waals surface area (Å²) in [5.41, 5.74) is 0.986. The highest BCUT2D eigenvalue weighted by Gasteiger charge is 2.18. The summed E-state index contributed by atoms with van der Waals surface area (Å²) in [6, 6.07) is 5.18. The summed E-state index contributed by atoms with van der Waals surface area (Å²) in [6.07, 6.45) is 0. The molecule has 0 atom stereocenters. The topological polar surface area (TPSA) is 52.0 Å². The van der Waals surface area contributed by atoms with Crippen LogP contribution in [0.4, 0.5) is 4.39 Å². The average Bonchev–Trinajstić information content (AvgIpc) is 2.57. The van der Waals surface area contributed by atoms with Gasteiger partial charge in [-0.3, -0.25) is 4.68 Å². The van der Waals surface area contributed by atoms with Gasteiger partial charge in [0.05, 0.1) is 20.9 Å². The number of hydrogen-bond donors (Lipinski definition) is 1. The molecule has 2 aromatic rings. The van der Waals surface area contributed by atoms with E-state index in [0.29, 0.717) is 15.9 Å². The molecule has 0 amide bonds. The minimum absolute atomic E-state index is 0.163. The largest absolute Gasteiger partial charge is 0.270 e. The van der Waals surface area contributed by atoms with Crippen LogP contribution in [0.25, 0.3) is 11.3 Å². The number of benzene rings is 1. The second kappa shape index (κ2) is 5.60. The number of rotatable bonds is 3. The van der Waals surface area contributed by atoms with Crippen LogP contribution in [-0.2, 0) is 23.5 Å². The van der Waals surface area contributed by atoms with Crippen LogP contribution in [0, 0.1) is 11.9 Å². The Morgan fingerprint density at radius 3 is 2.84 bits per heavy atom. The first kappa shape index (κ1) is 14.5. The Bertz CT molecular complexity index is 707. The Morgan fingerprint density at radius 1 is 1.58 bits per heavy atom. The maximum Gasteiger partial charge on any atom is 0.145 e. The lowest BCUT2D eigenvalue weighted by Crippen LogP contribution is -1.99. The Balaban J connectivity index is 2.57. The van der Waals surface area contributed by atoms with Crippen molar-refractivity contribution in [1.82, 2.24) is 9.78 Å². The molecule has 0 N–H and O–H groups in total. The molecule has 1 heterocycles. The monoisotopic (exact) mass is 365 g/mol. The van der Waals surface area contributed by atoms with Crippen molar-refractivity contribution in [3.05, 3.63) is 39.2 Å². The molecular weight excluding hydrogens is 359 g/mol. The summed E-state index contributed by atoms with van der Waals surface area (Å²) >= 11 is 8.89. The van der Waals surface area contributed by atoms with Gasteiger partial charge in [0.1, 0.15) is 22.2 Å². The van der Waals surface area contributed by atoms with Crippen LogP contribution in [-0.4, -0.2) is 18.2 Å². The molecular formula is C11H8BrClFN2O2S. The van der Waals surface area contributed by atoms with Gasteiger partial charge in [0.25, 0.3) is 0 Å². The molecule has 0 spiro atoms. The molecule has 2 rings (SSSR count). The average molecular weight is 367 g/mol. The fourth-order valence-corrected chi connectivity index (χ4v) is 3.29. The Labute approximate surface area is 124 Å². The minimum Gasteiger partial charge on any atom is -0.270 e. The number of hydrogen-bond acceptors (Lipinski definition) is 3. The highest BCUT2D eigenvalue weighted by Crippen LogP contribution is 2.32. The van der Waals surface area contributed by atoms with Crippen LogP contribution in [0.5, 0.6) is 0 Å². The molecule has 101 valence electrons. The van der Waals surface area contributed by atoms with E-state index < -0.39 is 16.5 Å². The summed E-state index contributed by atoms with van der Waals surface area (Å²) in [7, 11) is -0.994. The summed E-state index contributed by atoms with van der Waals surface area (Å²) in [6.45, 7) is 0. The van der Waals surface area contributed by atoms with E-state index in [1.54, 1.807) is 7.05 Å². The molecule has 0 saturated carbocycles. The second-order valence-corrected chi connectivity index (χ2v) is 5.95. The van der Waals surface area contributed by atoms with Crippen LogP contribution in [0.15, 0.2) is 16.6 Å². The predicted molar refractivity (Wildman–Crippen MR) is 74.2 cm³/mol. The van der Waals surface area contributed by atoms with Crippen molar-refractivity contribution >= 4 is 38.2 Å². The molecule has 8 heteroatoms. The molecule has 0 aliphatic heterocycles. The Hall–Kier alpha value is -0.920. The zero-order valence-electron chi connectivity index (χ0n) is 9.65. The molecule has 1 aromatic carbocycles. The first-order valence-electron chi connectivity index (χ1n) is 5.10. The molecule has 0 unspecified atom stereocenters. The summed E-state index contributed by atoms with van der Waals surface area (Å²) in [5.74, 6) is -0.709. The van der Waals surface area contributed by atoms with Gasteiger partial charge >= 0.3 is 0 Å². The summed E-state index contributed by atoms with van der Waals surface area (Å²) < 4.78 is 37.3. The number of aryl methyl sites for hydroxylation is 1. The Kier molecular flexibility index (Phi) is 4.27. The maximum atomic E-state index is 13.8. The van der Waals surface area contributed by atoms with E-state index in [0.717, 1.165) is 6.07 Å². The third-order valence-electron chi connectivity index (χ3n) is 2.50. The second-order valence-electron chi connectivity index (χ2n) is 3.77. The van der Waals surface area contributed by atoms with Crippen LogP contribution in [0.1, 0.15) is 5.69 Å². The number of halogens is 3. The molecule has 1 radical (unpaired) electrons. The maximum absolute atomic E-state index is 13.8. The zero-order chi connectivity index (χ0) is 14.2. The van der Waals surface area contributed by atoms with E-state index in [4.69, 9.17) is 11.6 Å². The van der Waals surface area contributed by atoms with Crippen molar-refractivity contribution < 1.29 is 12.8 Å². The molecule has 0 aliphatic rings. The third kappa shape index (κ3) is 2.98. The highest BCUT2D eigenvalue weighted by molar-refractivity contribution is 9.10. The number of thiol groups is 1. The van der Waals surface area contributed by atoms with Crippen LogP contribution >= 0.6 is 27.5 Å². The van der Waals surface area contributed by atoms with Crippen molar-refractivity contribution in [2.24, 2.45) is 7.05 Å². The van der Waals surface area contributed by atoms with Crippen molar-refractivity contribution in [2.45, 2.75) is 5.75 Å². The standard InChI is InChI=1S/C11H8BrClFN2O2S/c1-16-9(5-19(17)18)10(12)11(15-16)7-3-2-6(13)4-8(7)14/h3-4,19H,5H2,1H3. The number of nitrogens with zero attached hydrogens (tertiary/aromatic N) is 2. The van der Waals surface area contributed by atoms with Crippen LogP contribution < -0.4 is 0 Å². The molecule has 4 nitrogen and oxygen atoms in total. The smallest absolute Gasteiger partial charge is 0.145 e. The van der Waals surface area contributed by atoms with Gasteiger partial charge in [-0.25, -0.2) is 12.8 Å². The van der Waals surface area contributed by atoms with Crippen molar-refractivity contribution in [3.8, 4) is 11.3 Å². The van der Waals surface area contributed by atoms with Crippen molar-refractivity contribution in [2.75, 3.05) is 0 Å². The van der Waals surface area contributed by atoms with Crippen LogP contribution in [0.3, 0.4) is 0 Å². The molecule has 19 heavy (non-hydrogen) atoms. The molecule has 0 bridgehead atoms. The predicted octanol–water partition coefficient (Wildman–Crippen LogP) is 2.55. The quantitative estimate of drug-likeness (QED) is 0.850. The van der Waals surface area contributed by atoms with Crippen molar-refractivity contribution in [1.29, 1.82) is 0 Å². The molecule has 1 aromatic heterocycles. The molecule has 0 saturated heterocycles. The highest BCUT2D eigenvalue weighted by atomic mass is 79.9. The number of aromatic nitrogens is 2. The Morgan fingerprint density at radius 2 is 2.26 bits per heavy atom. The summed E-state index contributed by atoms with van der Waals surface area (Å²) in [5, 5.41) is 4.29. The lowest BCUT2D eigenvalue weighted by Gasteiger charge is -2.00. The van der Waals surface area contributed by atoms with E-state index >= 15 is 0 Å². The van der Waals surface area contributed by atoms with E-state index in [1.807, 2.05) is 0 Å². The fraction of sp³-hybridized carbons (Fsp3) is 0.182. The van der Waals surface area contributed by atoms with Gasteiger partial charge < -0.3 is 0 Å². The van der Waals surface area contributed by atoms with Gasteiger partial charge in [-0.2, -0.15) is 5.10 Å². The van der Waals surface area contributed by atoms with Gasteiger partial charge in [0.2, 0.25) is 0 Å². The van der Waals surface area contributed by atoms with Gasteiger partial charge in [-0.15, -0.1) is 0 Å². The SMILES string of the molecule is Cn1nc(-c2c[c]c(Cl)cc2F)c(Br)c1C[SH](=O)=O. The van der Waals surface area contributed by atoms with Gasteiger partial charge in [-0.1, -0.05) is 11.6 Å². The normalized spacial score (nSPS) is 11.2. The zero-order valence-corrected chi connectivity index (χ0v) is 12.9. The van der Waals surface area contributed by atoms with Gasteiger partial charge in [0, 0.05) is 18.7 Å². The van der Waals surface area contributed by atoms with E-state index in [-0.39, 0.29) is 16.3 Å². The lowest BCUT2D eigenvalue weighted by molar-refractivity contribution is 0.610. The minimum atomic E-state index is -2.59. The van der Waals surface area contributed by atoms with Crippen molar-refractivity contribution in [3.63, 3.8) is 0 Å². The van der Waals surface area contributed by atoms with Gasteiger partial charge in [0.15, 0.2) is 0 Å². The third-order valence-corrected chi connectivity index (χ3v) is 4.11. The van der Waals surface area contributed by atoms with E-state index in [9.17, 15) is 12.8 Å². The first-order valence-corrected chi connectivity index (χ1v) is 7.63.